The number of rotatable bonds is 4. The van der Waals surface area contributed by atoms with E-state index < -0.39 is 0 Å². The highest BCUT2D eigenvalue weighted by Crippen LogP contribution is 2.41. The Morgan fingerprint density at radius 2 is 1.93 bits per heavy atom. The van der Waals surface area contributed by atoms with E-state index in [1.807, 2.05) is 35.2 Å². The second-order valence-corrected chi connectivity index (χ2v) is 7.85. The average molecular weight is 382 g/mol. The maximum absolute atomic E-state index is 13.2. The van der Waals surface area contributed by atoms with E-state index in [4.69, 9.17) is 0 Å². The molecule has 3 aromatic carbocycles. The summed E-state index contributed by atoms with van der Waals surface area (Å²) in [6.45, 7) is 4.23. The van der Waals surface area contributed by atoms with Gasteiger partial charge in [0.15, 0.2) is 0 Å². The van der Waals surface area contributed by atoms with E-state index in [9.17, 15) is 9.59 Å². The maximum atomic E-state index is 13.2. The van der Waals surface area contributed by atoms with Crippen molar-refractivity contribution in [2.75, 3.05) is 16.8 Å². The van der Waals surface area contributed by atoms with Gasteiger partial charge in [0.1, 0.15) is 0 Å². The van der Waals surface area contributed by atoms with Gasteiger partial charge in [0.25, 0.3) is 5.91 Å². The maximum Gasteiger partial charge on any atom is 0.259 e. The van der Waals surface area contributed by atoms with Crippen LogP contribution in [-0.4, -0.2) is 18.4 Å². The molecule has 3 aromatic rings. The van der Waals surface area contributed by atoms with Gasteiger partial charge in [-0.1, -0.05) is 43.0 Å². The number of nitrogens with zero attached hydrogens (tertiary/aromatic N) is 1. The van der Waals surface area contributed by atoms with Gasteiger partial charge in [-0.2, -0.15) is 0 Å². The molecular formula is C25H22N2O2. The first-order valence-electron chi connectivity index (χ1n) is 10.0. The lowest BCUT2D eigenvalue weighted by Crippen LogP contribution is -2.34. The molecule has 1 heterocycles. The van der Waals surface area contributed by atoms with Crippen LogP contribution < -0.4 is 10.2 Å². The minimum Gasteiger partial charge on any atom is -0.322 e. The molecule has 144 valence electrons. The summed E-state index contributed by atoms with van der Waals surface area (Å²) in [5.74, 6) is 0.239. The van der Waals surface area contributed by atoms with Gasteiger partial charge >= 0.3 is 0 Å². The first-order chi connectivity index (χ1) is 14.2. The summed E-state index contributed by atoms with van der Waals surface area (Å²) in [5, 5.41) is 4.67. The number of nitrogens with one attached hydrogen (secondary N) is 1. The molecule has 1 N–H and O–H groups in total. The van der Waals surface area contributed by atoms with Gasteiger partial charge in [-0.05, 0) is 60.6 Å². The minimum absolute atomic E-state index is 0.0525. The summed E-state index contributed by atoms with van der Waals surface area (Å²) >= 11 is 0. The van der Waals surface area contributed by atoms with Crippen LogP contribution in [0.2, 0.25) is 0 Å². The highest BCUT2D eigenvalue weighted by atomic mass is 16.2. The van der Waals surface area contributed by atoms with E-state index in [-0.39, 0.29) is 11.8 Å². The number of amides is 2. The molecule has 5 rings (SSSR count). The van der Waals surface area contributed by atoms with E-state index in [1.54, 1.807) is 0 Å². The topological polar surface area (TPSA) is 49.4 Å². The zero-order valence-electron chi connectivity index (χ0n) is 16.2. The number of hydrogen-bond acceptors (Lipinski definition) is 2. The molecule has 0 saturated heterocycles. The van der Waals surface area contributed by atoms with Gasteiger partial charge in [-0.3, -0.25) is 9.59 Å². The number of anilines is 2. The highest BCUT2D eigenvalue weighted by molar-refractivity contribution is 6.27. The smallest absolute Gasteiger partial charge is 0.259 e. The number of hydrogen-bond donors (Lipinski definition) is 1. The van der Waals surface area contributed by atoms with Gasteiger partial charge in [0.2, 0.25) is 5.91 Å². The van der Waals surface area contributed by atoms with Crippen LogP contribution >= 0.6 is 0 Å². The molecule has 29 heavy (non-hydrogen) atoms. The lowest BCUT2D eigenvalue weighted by atomic mass is 9.83. The van der Waals surface area contributed by atoms with Gasteiger partial charge < -0.3 is 10.2 Å². The van der Waals surface area contributed by atoms with Crippen molar-refractivity contribution in [1.29, 1.82) is 0 Å². The van der Waals surface area contributed by atoms with Crippen LogP contribution in [0.15, 0.2) is 67.3 Å². The Morgan fingerprint density at radius 1 is 1.10 bits per heavy atom. The quantitative estimate of drug-likeness (QED) is 0.663. The van der Waals surface area contributed by atoms with Crippen molar-refractivity contribution in [2.24, 2.45) is 5.92 Å². The Bertz CT molecular complexity index is 1160. The van der Waals surface area contributed by atoms with E-state index in [0.29, 0.717) is 17.2 Å². The Labute approximate surface area is 169 Å². The number of aryl methyl sites for hydroxylation is 1. The third kappa shape index (κ3) is 2.92. The Hall–Kier alpha value is -3.40. The van der Waals surface area contributed by atoms with Crippen LogP contribution in [0, 0.1) is 5.92 Å². The van der Waals surface area contributed by atoms with E-state index in [0.717, 1.165) is 42.3 Å². The monoisotopic (exact) mass is 382 g/mol. The van der Waals surface area contributed by atoms with Crippen molar-refractivity contribution in [2.45, 2.75) is 19.3 Å². The highest BCUT2D eigenvalue weighted by Gasteiger charge is 2.33. The van der Waals surface area contributed by atoms with E-state index >= 15 is 0 Å². The minimum atomic E-state index is -0.257. The molecule has 0 fully saturated rings. The fourth-order valence-corrected chi connectivity index (χ4v) is 4.71. The normalized spacial score (nSPS) is 17.3. The Balaban J connectivity index is 1.48. The van der Waals surface area contributed by atoms with Crippen LogP contribution in [0.5, 0.6) is 0 Å². The molecule has 2 amide bonds. The zero-order valence-corrected chi connectivity index (χ0v) is 16.2. The zero-order chi connectivity index (χ0) is 20.0. The summed E-state index contributed by atoms with van der Waals surface area (Å²) in [5.41, 5.74) is 5.20. The molecule has 1 atom stereocenters. The van der Waals surface area contributed by atoms with Crippen LogP contribution in [-0.2, 0) is 17.6 Å². The number of benzene rings is 3. The second-order valence-electron chi connectivity index (χ2n) is 7.85. The summed E-state index contributed by atoms with van der Waals surface area (Å²) in [4.78, 5) is 26.9. The van der Waals surface area contributed by atoms with Crippen molar-refractivity contribution in [1.82, 2.24) is 0 Å². The molecule has 4 nitrogen and oxygen atoms in total. The van der Waals surface area contributed by atoms with E-state index in [2.05, 4.69) is 36.2 Å². The van der Waals surface area contributed by atoms with Gasteiger partial charge in [-0.15, -0.1) is 0 Å². The third-order valence-corrected chi connectivity index (χ3v) is 6.12. The lowest BCUT2D eigenvalue weighted by molar-refractivity contribution is -0.111. The molecule has 0 radical (unpaired) electrons. The molecule has 2 aliphatic rings. The van der Waals surface area contributed by atoms with Crippen molar-refractivity contribution in [3.63, 3.8) is 0 Å². The number of carbonyl (C=O) groups excluding carboxylic acids is 2. The summed E-state index contributed by atoms with van der Waals surface area (Å²) in [6, 6.07) is 18.2. The summed E-state index contributed by atoms with van der Waals surface area (Å²) in [7, 11) is 0. The molecule has 1 aliphatic heterocycles. The molecule has 4 heteroatoms. The van der Waals surface area contributed by atoms with Crippen molar-refractivity contribution in [3.8, 4) is 0 Å². The fourth-order valence-electron chi connectivity index (χ4n) is 4.71. The third-order valence-electron chi connectivity index (χ3n) is 6.12. The molecule has 0 spiro atoms. The predicted molar refractivity (Wildman–Crippen MR) is 116 cm³/mol. The van der Waals surface area contributed by atoms with Crippen LogP contribution in [0.4, 0.5) is 11.4 Å². The van der Waals surface area contributed by atoms with Crippen molar-refractivity contribution >= 4 is 34.0 Å². The summed E-state index contributed by atoms with van der Waals surface area (Å²) in [6.07, 6.45) is 4.42. The number of carbonyl (C=O) groups is 2. The number of fused-ring (bicyclic) bond motifs is 1. The predicted octanol–water partition coefficient (Wildman–Crippen LogP) is 4.73. The SMILES string of the molecule is C=CC(=O)Nc1ccc2c3c(cccc13)C(=O)N2CC1CCc2ccccc2C1. The largest absolute Gasteiger partial charge is 0.322 e. The standard InChI is InChI=1S/C25H22N2O2/c1-2-23(28)26-21-12-13-22-24-19(21)8-5-9-20(24)25(29)27(22)15-16-10-11-17-6-3-4-7-18(17)14-16/h2-9,12-13,16H,1,10-11,14-15H2,(H,26,28). The Morgan fingerprint density at radius 3 is 2.76 bits per heavy atom. The lowest BCUT2D eigenvalue weighted by Gasteiger charge is -2.29. The Kier molecular flexibility index (Phi) is 4.20. The molecule has 1 aliphatic carbocycles. The van der Waals surface area contributed by atoms with Crippen LogP contribution in [0.3, 0.4) is 0 Å². The molecule has 0 saturated carbocycles. The average Bonchev–Trinajstić information content (AvgIpc) is 3.02. The van der Waals surface area contributed by atoms with Crippen molar-refractivity contribution < 1.29 is 9.59 Å². The molecule has 1 unspecified atom stereocenters. The fraction of sp³-hybridized carbons (Fsp3) is 0.200. The van der Waals surface area contributed by atoms with Gasteiger partial charge in [-0.25, -0.2) is 0 Å². The van der Waals surface area contributed by atoms with Crippen LogP contribution in [0.1, 0.15) is 27.9 Å². The summed E-state index contributed by atoms with van der Waals surface area (Å²) < 4.78 is 0. The molecule has 0 aromatic heterocycles. The van der Waals surface area contributed by atoms with Gasteiger partial charge in [0.05, 0.1) is 5.69 Å². The van der Waals surface area contributed by atoms with Crippen LogP contribution in [0.25, 0.3) is 10.8 Å². The first kappa shape index (κ1) is 17.7. The van der Waals surface area contributed by atoms with E-state index in [1.165, 1.54) is 17.2 Å². The van der Waals surface area contributed by atoms with Crippen molar-refractivity contribution in [3.05, 3.63) is 83.9 Å². The van der Waals surface area contributed by atoms with Gasteiger partial charge in [0, 0.05) is 28.6 Å². The molecular weight excluding hydrogens is 360 g/mol. The first-order valence-corrected chi connectivity index (χ1v) is 10.0. The molecule has 0 bridgehead atoms. The second kappa shape index (κ2) is 6.89.